The molecule has 1 aliphatic rings. The molecular weight excluding hydrogens is 220 g/mol. The fourth-order valence-corrected chi connectivity index (χ4v) is 2.62. The van der Waals surface area contributed by atoms with Crippen LogP contribution in [0.1, 0.15) is 26.2 Å². The molecule has 0 radical (unpaired) electrons. The van der Waals surface area contributed by atoms with Crippen LogP contribution >= 0.6 is 11.8 Å². The molecule has 0 aromatic heterocycles. The molecule has 1 rings (SSSR count). The highest BCUT2D eigenvalue weighted by molar-refractivity contribution is 8.00. The van der Waals surface area contributed by atoms with Crippen LogP contribution in [0.25, 0.3) is 0 Å². The molecule has 0 atom stereocenters. The van der Waals surface area contributed by atoms with E-state index in [0.29, 0.717) is 0 Å². The number of likely N-dealkylation sites (tertiary alicyclic amines) is 1. The van der Waals surface area contributed by atoms with Gasteiger partial charge in [-0.2, -0.15) is 5.26 Å². The molecule has 0 spiro atoms. The van der Waals surface area contributed by atoms with E-state index < -0.39 is 0 Å². The summed E-state index contributed by atoms with van der Waals surface area (Å²) in [7, 11) is 0. The van der Waals surface area contributed by atoms with E-state index in [4.69, 9.17) is 10.00 Å². The topological polar surface area (TPSA) is 36.3 Å². The van der Waals surface area contributed by atoms with Crippen molar-refractivity contribution in [1.29, 1.82) is 5.26 Å². The van der Waals surface area contributed by atoms with Gasteiger partial charge in [0.15, 0.2) is 0 Å². The van der Waals surface area contributed by atoms with E-state index >= 15 is 0 Å². The molecule has 0 saturated carbocycles. The fourth-order valence-electron chi connectivity index (χ4n) is 1.94. The smallest absolute Gasteiger partial charge is 0.104 e. The third-order valence-corrected chi connectivity index (χ3v) is 4.44. The maximum absolute atomic E-state index is 9.16. The maximum Gasteiger partial charge on any atom is 0.104 e. The molecule has 92 valence electrons. The van der Waals surface area contributed by atoms with Crippen molar-refractivity contribution in [1.82, 2.24) is 4.90 Å². The predicted octanol–water partition coefficient (Wildman–Crippen LogP) is 2.13. The minimum atomic E-state index is -0.124. The molecule has 1 saturated heterocycles. The second-order valence-corrected chi connectivity index (χ2v) is 5.45. The van der Waals surface area contributed by atoms with Crippen LogP contribution in [0.2, 0.25) is 0 Å². The predicted molar refractivity (Wildman–Crippen MR) is 68.6 cm³/mol. The molecular formula is C12H22N2OS. The van der Waals surface area contributed by atoms with E-state index in [-0.39, 0.29) is 4.75 Å². The van der Waals surface area contributed by atoms with E-state index in [0.717, 1.165) is 52.1 Å². The average molecular weight is 242 g/mol. The normalized spacial score (nSPS) is 20.6. The summed E-state index contributed by atoms with van der Waals surface area (Å²) >= 11 is 1.71. The van der Waals surface area contributed by atoms with E-state index in [1.165, 1.54) is 0 Å². The van der Waals surface area contributed by atoms with Crippen molar-refractivity contribution >= 4 is 11.8 Å². The number of nitriles is 1. The molecule has 16 heavy (non-hydrogen) atoms. The molecule has 0 unspecified atom stereocenters. The summed E-state index contributed by atoms with van der Waals surface area (Å²) in [5.41, 5.74) is 0. The Kier molecular flexibility index (Phi) is 6.18. The Morgan fingerprint density at radius 2 is 2.06 bits per heavy atom. The van der Waals surface area contributed by atoms with Crippen molar-refractivity contribution in [3.8, 4) is 6.07 Å². The third-order valence-electron chi connectivity index (χ3n) is 3.16. The lowest BCUT2D eigenvalue weighted by Crippen LogP contribution is -2.42. The monoisotopic (exact) mass is 242 g/mol. The standard InChI is InChI=1S/C12H22N2OS/c1-3-9-15-10-8-14-6-4-12(11-13,16-2)5-7-14/h3-10H2,1-2H3. The lowest BCUT2D eigenvalue weighted by molar-refractivity contribution is 0.0950. The lowest BCUT2D eigenvalue weighted by Gasteiger charge is -2.36. The molecule has 0 aromatic rings. The lowest BCUT2D eigenvalue weighted by atomic mass is 9.97. The highest BCUT2D eigenvalue weighted by Crippen LogP contribution is 2.33. The van der Waals surface area contributed by atoms with Gasteiger partial charge in [0.25, 0.3) is 0 Å². The van der Waals surface area contributed by atoms with E-state index in [2.05, 4.69) is 17.9 Å². The molecule has 1 heterocycles. The van der Waals surface area contributed by atoms with Gasteiger partial charge in [-0.25, -0.2) is 0 Å². The summed E-state index contributed by atoms with van der Waals surface area (Å²) in [5.74, 6) is 0. The zero-order chi connectivity index (χ0) is 11.9. The summed E-state index contributed by atoms with van der Waals surface area (Å²) in [4.78, 5) is 2.40. The Labute approximate surface area is 103 Å². The highest BCUT2D eigenvalue weighted by atomic mass is 32.2. The molecule has 0 bridgehead atoms. The van der Waals surface area contributed by atoms with Crippen LogP contribution in [-0.2, 0) is 4.74 Å². The zero-order valence-corrected chi connectivity index (χ0v) is 11.2. The molecule has 0 amide bonds. The summed E-state index contributed by atoms with van der Waals surface area (Å²) in [6.45, 7) is 6.89. The number of hydrogen-bond acceptors (Lipinski definition) is 4. The Morgan fingerprint density at radius 3 is 2.56 bits per heavy atom. The quantitative estimate of drug-likeness (QED) is 0.669. The van der Waals surface area contributed by atoms with Crippen LogP contribution < -0.4 is 0 Å². The molecule has 0 aromatic carbocycles. The molecule has 1 aliphatic heterocycles. The average Bonchev–Trinajstić information content (AvgIpc) is 2.36. The van der Waals surface area contributed by atoms with Gasteiger partial charge in [-0.15, -0.1) is 11.8 Å². The first-order valence-corrected chi connectivity index (χ1v) is 7.25. The summed E-state index contributed by atoms with van der Waals surface area (Å²) < 4.78 is 5.35. The minimum absolute atomic E-state index is 0.124. The van der Waals surface area contributed by atoms with Crippen molar-refractivity contribution in [3.63, 3.8) is 0 Å². The third kappa shape index (κ3) is 3.97. The Bertz CT molecular complexity index is 232. The van der Waals surface area contributed by atoms with Crippen LogP contribution in [0.3, 0.4) is 0 Å². The van der Waals surface area contributed by atoms with E-state index in [9.17, 15) is 0 Å². The van der Waals surface area contributed by atoms with Gasteiger partial charge in [-0.1, -0.05) is 6.92 Å². The molecule has 3 nitrogen and oxygen atoms in total. The number of ether oxygens (including phenoxy) is 1. The van der Waals surface area contributed by atoms with Crippen LogP contribution in [0.5, 0.6) is 0 Å². The molecule has 0 N–H and O–H groups in total. The maximum atomic E-state index is 9.16. The molecule has 1 fully saturated rings. The van der Waals surface area contributed by atoms with Gasteiger partial charge >= 0.3 is 0 Å². The van der Waals surface area contributed by atoms with Crippen molar-refractivity contribution in [2.45, 2.75) is 30.9 Å². The SMILES string of the molecule is CCCOCCN1CCC(C#N)(SC)CC1. The zero-order valence-electron chi connectivity index (χ0n) is 10.4. The largest absolute Gasteiger partial charge is 0.380 e. The van der Waals surface area contributed by atoms with Crippen molar-refractivity contribution < 1.29 is 4.74 Å². The first-order chi connectivity index (χ1) is 7.76. The van der Waals surface area contributed by atoms with Gasteiger partial charge in [0, 0.05) is 26.2 Å². The Balaban J connectivity index is 2.19. The molecule has 4 heteroatoms. The van der Waals surface area contributed by atoms with Gasteiger partial charge < -0.3 is 9.64 Å². The summed E-state index contributed by atoms with van der Waals surface area (Å²) in [6, 6.07) is 2.47. The van der Waals surface area contributed by atoms with Crippen molar-refractivity contribution in [2.75, 3.05) is 39.1 Å². The number of thioether (sulfide) groups is 1. The second kappa shape index (κ2) is 7.16. The first-order valence-electron chi connectivity index (χ1n) is 6.03. The second-order valence-electron chi connectivity index (χ2n) is 4.26. The molecule has 0 aliphatic carbocycles. The summed E-state index contributed by atoms with van der Waals surface area (Å²) in [5, 5.41) is 9.16. The highest BCUT2D eigenvalue weighted by Gasteiger charge is 2.33. The van der Waals surface area contributed by atoms with Gasteiger partial charge in [0.1, 0.15) is 4.75 Å². The first kappa shape index (κ1) is 13.8. The van der Waals surface area contributed by atoms with Crippen molar-refractivity contribution in [3.05, 3.63) is 0 Å². The fraction of sp³-hybridized carbons (Fsp3) is 0.917. The Hall–Kier alpha value is -0.240. The van der Waals surface area contributed by atoms with Crippen molar-refractivity contribution in [2.24, 2.45) is 0 Å². The van der Waals surface area contributed by atoms with Gasteiger partial charge in [0.05, 0.1) is 12.7 Å². The Morgan fingerprint density at radius 1 is 1.38 bits per heavy atom. The van der Waals surface area contributed by atoms with Crippen LogP contribution in [0, 0.1) is 11.3 Å². The number of piperidine rings is 1. The van der Waals surface area contributed by atoms with Gasteiger partial charge in [0.2, 0.25) is 0 Å². The van der Waals surface area contributed by atoms with Gasteiger partial charge in [-0.3, -0.25) is 0 Å². The van der Waals surface area contributed by atoms with E-state index in [1.54, 1.807) is 11.8 Å². The van der Waals surface area contributed by atoms with Crippen LogP contribution in [0.4, 0.5) is 0 Å². The number of rotatable bonds is 6. The van der Waals surface area contributed by atoms with Gasteiger partial charge in [-0.05, 0) is 25.5 Å². The minimum Gasteiger partial charge on any atom is -0.380 e. The van der Waals surface area contributed by atoms with Crippen LogP contribution in [0.15, 0.2) is 0 Å². The number of nitrogens with zero attached hydrogens (tertiary/aromatic N) is 2. The summed E-state index contributed by atoms with van der Waals surface area (Å²) in [6.07, 6.45) is 5.10. The van der Waals surface area contributed by atoms with Crippen LogP contribution in [-0.4, -0.2) is 48.8 Å². The number of hydrogen-bond donors (Lipinski definition) is 0. The van der Waals surface area contributed by atoms with E-state index in [1.807, 2.05) is 6.26 Å².